The third-order valence-electron chi connectivity index (χ3n) is 14.9. The van der Waals surface area contributed by atoms with Gasteiger partial charge in [0.2, 0.25) is 0 Å². The molecule has 7 rings (SSSR count). The number of rotatable bonds is 9. The molecule has 0 atom stereocenters. The molecule has 4 amide bonds. The van der Waals surface area contributed by atoms with E-state index in [9.17, 15) is 34.2 Å². The van der Waals surface area contributed by atoms with Gasteiger partial charge >= 0.3 is 24.1 Å². The fourth-order valence-corrected chi connectivity index (χ4v) is 10.5. The zero-order valence-electron chi connectivity index (χ0n) is 40.4. The summed E-state index contributed by atoms with van der Waals surface area (Å²) in [5.41, 5.74) is 5.53. The second-order valence-electron chi connectivity index (χ2n) is 20.3. The lowest BCUT2D eigenvalue weighted by atomic mass is 9.68. The van der Waals surface area contributed by atoms with E-state index in [0.29, 0.717) is 51.4 Å². The van der Waals surface area contributed by atoms with Crippen LogP contribution in [0.2, 0.25) is 0 Å². The number of carboxylic acids is 2. The van der Waals surface area contributed by atoms with Crippen molar-refractivity contribution in [2.75, 3.05) is 42.3 Å². The number of carboxylic acid groups (broad SMARTS) is 2. The first-order valence-electron chi connectivity index (χ1n) is 23.0. The SMILES string of the molecule is CN(C)C1(c2ccccc2)CCC(N)(C(=O)O)CC1.CN(C)C1(c2ccccc2)CCC(NC(=O)OC(C)(C)C)(C(=O)O)CC1.CN(C)C1(c2ccccc2)CCC2(CC1)NC(=O)NC2=O. The lowest BCUT2D eigenvalue weighted by molar-refractivity contribution is -0.148. The summed E-state index contributed by atoms with van der Waals surface area (Å²) < 4.78 is 5.28. The minimum atomic E-state index is -1.30. The van der Waals surface area contributed by atoms with Gasteiger partial charge in [0.25, 0.3) is 5.91 Å². The van der Waals surface area contributed by atoms with E-state index in [4.69, 9.17) is 10.5 Å². The quantitative estimate of drug-likeness (QED) is 0.123. The Hall–Kier alpha value is -5.35. The number of aliphatic carboxylic acids is 2. The van der Waals surface area contributed by atoms with Gasteiger partial charge in [0.1, 0.15) is 22.2 Å². The van der Waals surface area contributed by atoms with Gasteiger partial charge in [0.05, 0.1) is 0 Å². The molecule has 4 fully saturated rings. The minimum absolute atomic E-state index is 0.0693. The topological polar surface area (TPSA) is 207 Å². The molecule has 3 aromatic rings. The van der Waals surface area contributed by atoms with Gasteiger partial charge in [-0.3, -0.25) is 29.6 Å². The van der Waals surface area contributed by atoms with Gasteiger partial charge in [0.15, 0.2) is 0 Å². The zero-order valence-corrected chi connectivity index (χ0v) is 40.4. The number of benzene rings is 3. The average Bonchev–Trinajstić information content (AvgIpc) is 3.55. The second-order valence-corrected chi connectivity index (χ2v) is 20.3. The Balaban J connectivity index is 0.000000188. The molecule has 3 saturated carbocycles. The molecule has 1 saturated heterocycles. The van der Waals surface area contributed by atoms with Gasteiger partial charge in [-0.2, -0.15) is 0 Å². The highest BCUT2D eigenvalue weighted by atomic mass is 16.6. The lowest BCUT2D eigenvalue weighted by Crippen LogP contribution is -2.60. The number of nitrogens with zero attached hydrogens (tertiary/aromatic N) is 3. The first-order valence-corrected chi connectivity index (χ1v) is 23.0. The maximum Gasteiger partial charge on any atom is 0.408 e. The molecule has 0 unspecified atom stereocenters. The first-order chi connectivity index (χ1) is 30.9. The van der Waals surface area contributed by atoms with E-state index in [1.807, 2.05) is 56.6 Å². The summed E-state index contributed by atoms with van der Waals surface area (Å²) in [6, 6.07) is 30.5. The third-order valence-corrected chi connectivity index (χ3v) is 14.9. The summed E-state index contributed by atoms with van der Waals surface area (Å²) in [5, 5.41) is 26.9. The maximum atomic E-state index is 12.2. The van der Waals surface area contributed by atoms with E-state index in [-0.39, 0.29) is 28.6 Å². The van der Waals surface area contributed by atoms with Crippen molar-refractivity contribution in [3.05, 3.63) is 108 Å². The molecule has 3 aliphatic carbocycles. The van der Waals surface area contributed by atoms with Crippen molar-refractivity contribution >= 4 is 30.0 Å². The van der Waals surface area contributed by atoms with Crippen LogP contribution in [0, 0.1) is 0 Å². The van der Waals surface area contributed by atoms with Crippen LogP contribution in [-0.2, 0) is 35.7 Å². The molecule has 360 valence electrons. The number of imide groups is 1. The average molecular weight is 912 g/mol. The van der Waals surface area contributed by atoms with Crippen LogP contribution in [0.25, 0.3) is 0 Å². The number of amides is 4. The van der Waals surface area contributed by atoms with Crippen molar-refractivity contribution in [3.63, 3.8) is 0 Å². The van der Waals surface area contributed by atoms with Crippen molar-refractivity contribution in [1.82, 2.24) is 30.7 Å². The number of urea groups is 1. The van der Waals surface area contributed by atoms with Crippen molar-refractivity contribution in [2.45, 2.75) is 137 Å². The number of hydrogen-bond acceptors (Lipinski definition) is 10. The molecule has 0 aromatic heterocycles. The van der Waals surface area contributed by atoms with Gasteiger partial charge in [-0.1, -0.05) is 91.0 Å². The summed E-state index contributed by atoms with van der Waals surface area (Å²) in [5.74, 6) is -2.07. The fraction of sp³-hybridized carbons (Fsp3) is 0.549. The molecule has 66 heavy (non-hydrogen) atoms. The van der Waals surface area contributed by atoms with E-state index in [2.05, 4.69) is 107 Å². The van der Waals surface area contributed by atoms with Crippen LogP contribution in [0.1, 0.15) is 115 Å². The molecule has 1 spiro atoms. The summed E-state index contributed by atoms with van der Waals surface area (Å²) in [6.45, 7) is 5.27. The number of nitrogens with one attached hydrogen (secondary N) is 3. The number of carbonyl (C=O) groups excluding carboxylic acids is 3. The highest BCUT2D eigenvalue weighted by molar-refractivity contribution is 6.07. The number of alkyl carbamates (subject to hydrolysis) is 1. The molecule has 1 heterocycles. The zero-order chi connectivity index (χ0) is 48.8. The Morgan fingerprint density at radius 3 is 1.21 bits per heavy atom. The maximum absolute atomic E-state index is 12.2. The first kappa shape index (κ1) is 51.6. The molecule has 3 aromatic carbocycles. The predicted molar refractivity (Wildman–Crippen MR) is 255 cm³/mol. The Labute approximate surface area is 390 Å². The van der Waals surface area contributed by atoms with Gasteiger partial charge in [-0.05, 0) is 157 Å². The molecule has 1 aliphatic heterocycles. The van der Waals surface area contributed by atoms with Crippen LogP contribution >= 0.6 is 0 Å². The fourth-order valence-electron chi connectivity index (χ4n) is 10.5. The Morgan fingerprint density at radius 2 is 0.924 bits per heavy atom. The molecule has 0 bridgehead atoms. The molecule has 15 nitrogen and oxygen atoms in total. The molecule has 7 N–H and O–H groups in total. The lowest BCUT2D eigenvalue weighted by Gasteiger charge is -2.48. The van der Waals surface area contributed by atoms with E-state index in [1.165, 1.54) is 16.7 Å². The van der Waals surface area contributed by atoms with Crippen molar-refractivity contribution in [1.29, 1.82) is 0 Å². The van der Waals surface area contributed by atoms with Gasteiger partial charge in [0, 0.05) is 16.6 Å². The Kier molecular flexibility index (Phi) is 15.8. The monoisotopic (exact) mass is 912 g/mol. The summed E-state index contributed by atoms with van der Waals surface area (Å²) in [7, 11) is 12.3. The number of nitrogens with two attached hydrogens (primary N) is 1. The molecule has 0 radical (unpaired) electrons. The summed E-state index contributed by atoms with van der Waals surface area (Å²) in [4.78, 5) is 65.6. The van der Waals surface area contributed by atoms with Crippen LogP contribution in [0.5, 0.6) is 0 Å². The van der Waals surface area contributed by atoms with Crippen LogP contribution in [0.4, 0.5) is 9.59 Å². The second kappa shape index (κ2) is 20.3. The van der Waals surface area contributed by atoms with E-state index in [1.54, 1.807) is 20.8 Å². The normalized spacial score (nSPS) is 29.7. The predicted octanol–water partition coefficient (Wildman–Crippen LogP) is 6.76. The van der Waals surface area contributed by atoms with Crippen LogP contribution in [0.15, 0.2) is 91.0 Å². The molecular weight excluding hydrogens is 839 g/mol. The molecule has 4 aliphatic rings. The molecule has 15 heteroatoms. The number of ether oxygens (including phenoxy) is 1. The summed E-state index contributed by atoms with van der Waals surface area (Å²) >= 11 is 0. The smallest absolute Gasteiger partial charge is 0.408 e. The standard InChI is InChI=1S/C20H30N2O4.C16H21N3O2.C15H22N2O2/c1-18(2,3)26-17(25)21-19(16(23)24)11-13-20(14-12-19,22(4)5)15-9-7-6-8-10-15;1-19(2)16(12-6-4-3-5-7-12)10-8-15(9-11-16)13(20)17-14(21)18-15;1-17(2)15(12-6-4-3-5-7-12)10-8-14(16,9-11-15)13(18)19/h6-10H,11-14H2,1-5H3,(H,21,25)(H,23,24);3-7H,8-11H2,1-2H3,(H2,17,18,20,21);3-7H,8-11,16H2,1-2H3,(H,18,19). The van der Waals surface area contributed by atoms with E-state index >= 15 is 0 Å². The number of carbonyl (C=O) groups is 5. The highest BCUT2D eigenvalue weighted by Crippen LogP contribution is 2.47. The van der Waals surface area contributed by atoms with Crippen molar-refractivity contribution < 1.29 is 38.9 Å². The number of hydrogen-bond donors (Lipinski definition) is 6. The van der Waals surface area contributed by atoms with Gasteiger partial charge in [-0.25, -0.2) is 14.4 Å². The Bertz CT molecular complexity index is 2130. The molecular formula is C51H73N7O8. The van der Waals surface area contributed by atoms with Crippen LogP contribution in [0.3, 0.4) is 0 Å². The van der Waals surface area contributed by atoms with Gasteiger partial charge < -0.3 is 31.3 Å². The van der Waals surface area contributed by atoms with Gasteiger partial charge in [-0.15, -0.1) is 0 Å². The highest BCUT2D eigenvalue weighted by Gasteiger charge is 2.53. The van der Waals surface area contributed by atoms with Crippen molar-refractivity contribution in [2.24, 2.45) is 5.73 Å². The van der Waals surface area contributed by atoms with E-state index < -0.39 is 40.2 Å². The third kappa shape index (κ3) is 10.9. The van der Waals surface area contributed by atoms with E-state index in [0.717, 1.165) is 25.7 Å². The van der Waals surface area contributed by atoms with Crippen LogP contribution in [-0.4, -0.2) is 119 Å². The van der Waals surface area contributed by atoms with Crippen molar-refractivity contribution in [3.8, 4) is 0 Å². The largest absolute Gasteiger partial charge is 0.480 e. The van der Waals surface area contributed by atoms with Crippen LogP contribution < -0.4 is 21.7 Å². The summed E-state index contributed by atoms with van der Waals surface area (Å²) in [6.07, 6.45) is 6.84. The Morgan fingerprint density at radius 1 is 0.576 bits per heavy atom. The minimum Gasteiger partial charge on any atom is -0.480 e.